The number of halogens is 3. The van der Waals surface area contributed by atoms with E-state index in [0.29, 0.717) is 110 Å². The Bertz CT molecular complexity index is 4510. The van der Waals surface area contributed by atoms with Crippen LogP contribution in [0.25, 0.3) is 136 Å². The normalized spacial score (nSPS) is 12.0. The van der Waals surface area contributed by atoms with E-state index < -0.39 is 17.6 Å². The van der Waals surface area contributed by atoms with E-state index in [2.05, 4.69) is 29.9 Å². The summed E-state index contributed by atoms with van der Waals surface area (Å²) >= 11 is 0. The molecular weight excluding hydrogens is 1810 g/mol. The van der Waals surface area contributed by atoms with E-state index in [1.807, 2.05) is 117 Å². The molecule has 0 amide bonds. The third-order valence-electron chi connectivity index (χ3n) is 14.5. The maximum Gasteiger partial charge on any atom is 2.00 e. The molecule has 0 atom stereocenters. The van der Waals surface area contributed by atoms with Crippen LogP contribution in [0.1, 0.15) is 95.5 Å². The Labute approximate surface area is 623 Å². The topological polar surface area (TPSA) is 363 Å². The Balaban J connectivity index is 0.000000314. The van der Waals surface area contributed by atoms with Crippen molar-refractivity contribution in [1.29, 1.82) is 32.5 Å². The van der Waals surface area contributed by atoms with Gasteiger partial charge in [-0.2, -0.15) is 13.2 Å². The van der Waals surface area contributed by atoms with E-state index >= 15 is 0 Å². The van der Waals surface area contributed by atoms with Crippen molar-refractivity contribution in [2.75, 3.05) is 0 Å². The minimum Gasteiger partial charge on any atom is -0.697 e. The number of hydrogen-bond donors (Lipinski definition) is 6. The molecule has 0 spiro atoms. The molecule has 9 rings (SSSR count). The van der Waals surface area contributed by atoms with Crippen molar-refractivity contribution in [3.05, 3.63) is 286 Å². The number of allylic oxidation sites excluding steroid dienone is 6. The average Bonchev–Trinajstić information content (AvgIpc) is 0.813. The summed E-state index contributed by atoms with van der Waals surface area (Å²) in [6, 6.07) is 54.8. The van der Waals surface area contributed by atoms with Crippen molar-refractivity contribution >= 4 is 68.5 Å². The summed E-state index contributed by atoms with van der Waals surface area (Å²) in [6.07, 6.45) is 1.10. The Morgan fingerprint density at radius 1 is 0.340 bits per heavy atom. The Hall–Kier alpha value is -10.3. The smallest absolute Gasteiger partial charge is 0.697 e. The number of nitrogens with one attached hydrogen (secondary N) is 12. The predicted molar refractivity (Wildman–Crippen MR) is 392 cm³/mol. The van der Waals surface area contributed by atoms with Crippen LogP contribution in [0.3, 0.4) is 0 Å². The predicted octanol–water partition coefficient (Wildman–Crippen LogP) is 22.1. The largest absolute Gasteiger partial charge is 2.00 e. The maximum absolute atomic E-state index is 12.6. The molecule has 0 bridgehead atoms. The monoisotopic (exact) mass is 1880 g/mol. The van der Waals surface area contributed by atoms with Crippen molar-refractivity contribution in [3.63, 3.8) is 0 Å². The SMILES string of the molecule is CC(=N)/C=C(\[NH-])c1cccc(-c2cccc(-c3cccc(/C([NH-])=C/C(=N)C(F)(F)F)n3)c2)n1.CC(=N)/C=C(\[NH-])c1cccc(-c2ccccc2-c2cccc(/C([NH-])=C/C(C)=N)n2)n1.CCC(=N)/C(C)=C(\[NH-])c1cccc(-c2cccc(-c3cccc(/C([NH-])=C(\C)C(=N)CC)n3)c2)n1.[Pt+2].[Pt+2].[Pt+2]. The van der Waals surface area contributed by atoms with Gasteiger partial charge in [0, 0.05) is 96.1 Å². The fourth-order valence-corrected chi connectivity index (χ4v) is 9.42. The zero-order valence-corrected chi connectivity index (χ0v) is 62.1. The molecule has 24 heteroatoms. The van der Waals surface area contributed by atoms with E-state index in [-0.39, 0.29) is 103 Å². The average molecular weight is 1880 g/mol. The summed E-state index contributed by atoms with van der Waals surface area (Å²) in [5.41, 5.74) is 62.4. The fourth-order valence-electron chi connectivity index (χ4n) is 9.42. The van der Waals surface area contributed by atoms with Crippen molar-refractivity contribution in [1.82, 2.24) is 29.9 Å². The van der Waals surface area contributed by atoms with Gasteiger partial charge in [0.05, 0.1) is 34.2 Å². The molecule has 9 aromatic rings. The quantitative estimate of drug-likeness (QED) is 0.0402. The van der Waals surface area contributed by atoms with Crippen LogP contribution in [0.5, 0.6) is 0 Å². The van der Waals surface area contributed by atoms with Crippen molar-refractivity contribution in [3.8, 4) is 67.5 Å². The van der Waals surface area contributed by atoms with Gasteiger partial charge >= 0.3 is 69.4 Å². The summed E-state index contributed by atoms with van der Waals surface area (Å²) in [6.45, 7) is 12.2. The number of alkyl halides is 3. The van der Waals surface area contributed by atoms with Crippen molar-refractivity contribution < 1.29 is 76.4 Å². The van der Waals surface area contributed by atoms with Gasteiger partial charge in [0.1, 0.15) is 5.71 Å². The van der Waals surface area contributed by atoms with Crippen LogP contribution < -0.4 is 0 Å². The van der Waals surface area contributed by atoms with Crippen LogP contribution in [0.4, 0.5) is 13.2 Å². The molecule has 516 valence electrons. The molecule has 0 aliphatic rings. The molecule has 0 saturated carbocycles. The van der Waals surface area contributed by atoms with Gasteiger partial charge < -0.3 is 61.4 Å². The second kappa shape index (κ2) is 38.1. The van der Waals surface area contributed by atoms with Gasteiger partial charge in [0.15, 0.2) is 0 Å². The first-order valence-electron chi connectivity index (χ1n) is 30.4. The fraction of sp³-hybridized carbons (Fsp3) is 0.132. The number of hydrogen-bond acceptors (Lipinski definition) is 12. The first kappa shape index (κ1) is 82.1. The number of pyridine rings is 6. The second-order valence-electron chi connectivity index (χ2n) is 22.0. The van der Waals surface area contributed by atoms with E-state index in [0.717, 1.165) is 39.2 Å². The maximum atomic E-state index is 12.6. The Kier molecular flexibility index (Phi) is 31.3. The minimum absolute atomic E-state index is 0. The Morgan fingerprint density at radius 2 is 0.580 bits per heavy atom. The number of nitrogens with zero attached hydrogens (tertiary/aromatic N) is 6. The van der Waals surface area contributed by atoms with Crippen LogP contribution in [0, 0.1) is 32.5 Å². The number of aromatic nitrogens is 6. The molecule has 0 aliphatic heterocycles. The van der Waals surface area contributed by atoms with Crippen molar-refractivity contribution in [2.24, 2.45) is 0 Å². The van der Waals surface area contributed by atoms with E-state index in [1.165, 1.54) is 24.3 Å². The molecule has 6 heterocycles. The van der Waals surface area contributed by atoms with Gasteiger partial charge in [-0.1, -0.05) is 129 Å². The molecule has 100 heavy (non-hydrogen) atoms. The summed E-state index contributed by atoms with van der Waals surface area (Å²) in [7, 11) is 0. The molecule has 0 radical (unpaired) electrons. The minimum atomic E-state index is -4.83. The van der Waals surface area contributed by atoms with E-state index in [1.54, 1.807) is 107 Å². The third kappa shape index (κ3) is 22.6. The van der Waals surface area contributed by atoms with E-state index in [9.17, 15) is 13.2 Å². The van der Waals surface area contributed by atoms with Gasteiger partial charge in [-0.05, 0) is 150 Å². The van der Waals surface area contributed by atoms with Gasteiger partial charge in [-0.15, -0.1) is 34.2 Å². The molecule has 0 aliphatic carbocycles. The zero-order chi connectivity index (χ0) is 70.7. The van der Waals surface area contributed by atoms with Gasteiger partial charge in [0.2, 0.25) is 0 Å². The first-order valence-corrected chi connectivity index (χ1v) is 30.4. The Morgan fingerprint density at radius 3 is 0.850 bits per heavy atom. The molecule has 18 nitrogen and oxygen atoms in total. The summed E-state index contributed by atoms with van der Waals surface area (Å²) in [4.78, 5) is 27.4. The second-order valence-corrected chi connectivity index (χ2v) is 22.0. The van der Waals surface area contributed by atoms with Crippen LogP contribution in [-0.4, -0.2) is 70.4 Å². The van der Waals surface area contributed by atoms with E-state index in [4.69, 9.17) is 66.9 Å². The summed E-state index contributed by atoms with van der Waals surface area (Å²) in [5, 5.41) is 45.8. The number of benzene rings is 3. The van der Waals surface area contributed by atoms with Crippen LogP contribution in [-0.2, 0) is 63.2 Å². The molecular formula is C76H71F3N18Pt3. The molecule has 0 fully saturated rings. The molecule has 6 aromatic heterocycles. The third-order valence-corrected chi connectivity index (χ3v) is 14.5. The van der Waals surface area contributed by atoms with Gasteiger partial charge in [-0.3, -0.25) is 5.41 Å². The van der Waals surface area contributed by atoms with Crippen LogP contribution in [0.15, 0.2) is 217 Å². The first-order chi connectivity index (χ1) is 46.1. The van der Waals surface area contributed by atoms with Crippen molar-refractivity contribution in [2.45, 2.75) is 67.5 Å². The van der Waals surface area contributed by atoms with Gasteiger partial charge in [0.25, 0.3) is 0 Å². The van der Waals surface area contributed by atoms with Gasteiger partial charge in [-0.25, -0.2) is 29.9 Å². The molecule has 3 aromatic carbocycles. The molecule has 0 saturated heterocycles. The standard InChI is InChI=1S/C28H30N6.C24H19F3N6.C24H22N6.3Pt/c1-5-21(29)17(3)27(31)25-14-8-12-23(33-25)19-10-7-11-20(16-19)24-13-9-15-26(34-24)28(32)18(4)22(30)6-2;1-14(28)11-17(29)21-9-3-7-19(32-21)15-5-2-6-16(12-15)20-8-4-10-22(33-20)18(30)13-23(31)24(25,26)27;1-15(25)13-19(27)23-11-5-9-21(29-23)17-7-3-4-8-18(17)22-10-6-12-24(30-22)20(28)14-16(2)26;;;/h7-16,29-32H,5-6H2,1-4H3;2-13,28-31H,1H3;3-14,25-28H,1-2H3;;;/q3*-2;3*+2/b27-17-,28-18-,29-21?,30-22?;17-11-,18-13-,28-14?,31-23?;19-13-,20-14-,25-15?,26-16?;;;. The molecule has 12 N–H and O–H groups in total. The zero-order valence-electron chi connectivity index (χ0n) is 55.3. The van der Waals surface area contributed by atoms with Crippen LogP contribution in [0.2, 0.25) is 0 Å². The summed E-state index contributed by atoms with van der Waals surface area (Å²) < 4.78 is 37.8. The summed E-state index contributed by atoms with van der Waals surface area (Å²) in [5.74, 6) is 0. The number of rotatable bonds is 20. The molecule has 0 unspecified atom stereocenters. The van der Waals surface area contributed by atoms with Crippen LogP contribution >= 0.6 is 0 Å².